The van der Waals surface area contributed by atoms with Crippen molar-refractivity contribution in [3.8, 4) is 5.75 Å². The second kappa shape index (κ2) is 5.00. The van der Waals surface area contributed by atoms with Gasteiger partial charge in [-0.3, -0.25) is 4.79 Å². The minimum absolute atomic E-state index is 0.0962. The van der Waals surface area contributed by atoms with Crippen molar-refractivity contribution >= 4 is 17.5 Å². The van der Waals surface area contributed by atoms with Gasteiger partial charge in [0.25, 0.3) is 5.91 Å². The van der Waals surface area contributed by atoms with Gasteiger partial charge in [0.15, 0.2) is 0 Å². The predicted molar refractivity (Wildman–Crippen MR) is 59.1 cm³/mol. The first kappa shape index (κ1) is 11.8. The maximum atomic E-state index is 11.6. The average molecular weight is 229 g/mol. The minimum Gasteiger partial charge on any atom is -0.507 e. The first-order valence-corrected chi connectivity index (χ1v) is 4.92. The number of hydrogen-bond acceptors (Lipinski definition) is 3. The van der Waals surface area contributed by atoms with Crippen LogP contribution in [0.25, 0.3) is 0 Å². The summed E-state index contributed by atoms with van der Waals surface area (Å²) in [7, 11) is 0. The van der Waals surface area contributed by atoms with E-state index < -0.39 is 0 Å². The van der Waals surface area contributed by atoms with Crippen LogP contribution in [0, 0.1) is 0 Å². The first-order valence-electron chi connectivity index (χ1n) is 4.54. The highest BCUT2D eigenvalue weighted by Gasteiger charge is 2.13. The van der Waals surface area contributed by atoms with Gasteiger partial charge in [0, 0.05) is 17.6 Å². The molecule has 1 aromatic carbocycles. The van der Waals surface area contributed by atoms with Crippen molar-refractivity contribution in [1.29, 1.82) is 0 Å². The van der Waals surface area contributed by atoms with Gasteiger partial charge in [0.1, 0.15) is 5.75 Å². The molecule has 1 amide bonds. The number of phenols is 1. The third-order valence-corrected chi connectivity index (χ3v) is 2.17. The summed E-state index contributed by atoms with van der Waals surface area (Å²) in [5.74, 6) is -0.478. The zero-order valence-electron chi connectivity index (χ0n) is 8.33. The molecule has 0 saturated heterocycles. The number of amides is 1. The summed E-state index contributed by atoms with van der Waals surface area (Å²) in [6, 6.07) is 4.16. The predicted octanol–water partition coefficient (Wildman–Crippen LogP) is 1.12. The van der Waals surface area contributed by atoms with Gasteiger partial charge in [0.2, 0.25) is 0 Å². The lowest BCUT2D eigenvalue weighted by atomic mass is 10.2. The third kappa shape index (κ3) is 3.11. The monoisotopic (exact) mass is 228 g/mol. The summed E-state index contributed by atoms with van der Waals surface area (Å²) in [5.41, 5.74) is 5.52. The molecule has 0 radical (unpaired) electrons. The molecule has 1 rings (SSSR count). The number of phenolic OH excluding ortho intramolecular Hbond substituents is 1. The summed E-state index contributed by atoms with van der Waals surface area (Å²) >= 11 is 5.72. The van der Waals surface area contributed by atoms with Crippen molar-refractivity contribution in [2.75, 3.05) is 6.54 Å². The van der Waals surface area contributed by atoms with E-state index in [0.717, 1.165) is 0 Å². The Morgan fingerprint density at radius 1 is 1.67 bits per heavy atom. The molecule has 0 aliphatic carbocycles. The molecule has 0 heterocycles. The Labute approximate surface area is 93.0 Å². The molecule has 0 spiro atoms. The van der Waals surface area contributed by atoms with Crippen molar-refractivity contribution in [1.82, 2.24) is 5.32 Å². The van der Waals surface area contributed by atoms with Gasteiger partial charge in [-0.25, -0.2) is 0 Å². The summed E-state index contributed by atoms with van der Waals surface area (Å²) < 4.78 is 0. The fraction of sp³-hybridized carbons (Fsp3) is 0.300. The number of benzene rings is 1. The fourth-order valence-corrected chi connectivity index (χ4v) is 1.22. The number of nitrogens with one attached hydrogen (secondary N) is 1. The van der Waals surface area contributed by atoms with Gasteiger partial charge in [0.05, 0.1) is 5.56 Å². The van der Waals surface area contributed by atoms with Crippen LogP contribution in [0.2, 0.25) is 5.02 Å². The van der Waals surface area contributed by atoms with Crippen LogP contribution in [-0.4, -0.2) is 23.6 Å². The SMILES string of the molecule is CC(CN)NC(=O)c1cc(Cl)ccc1O. The molecule has 1 unspecified atom stereocenters. The van der Waals surface area contributed by atoms with Gasteiger partial charge in [-0.05, 0) is 25.1 Å². The highest BCUT2D eigenvalue weighted by molar-refractivity contribution is 6.31. The lowest BCUT2D eigenvalue weighted by molar-refractivity contribution is 0.0938. The van der Waals surface area contributed by atoms with E-state index in [4.69, 9.17) is 17.3 Å². The maximum Gasteiger partial charge on any atom is 0.255 e. The fourth-order valence-electron chi connectivity index (χ4n) is 1.05. The number of carbonyl (C=O) groups is 1. The summed E-state index contributed by atoms with van der Waals surface area (Å²) in [6.07, 6.45) is 0. The molecule has 0 aliphatic heterocycles. The zero-order chi connectivity index (χ0) is 11.4. The lowest BCUT2D eigenvalue weighted by Gasteiger charge is -2.12. The van der Waals surface area contributed by atoms with E-state index in [9.17, 15) is 9.90 Å². The quantitative estimate of drug-likeness (QED) is 0.726. The van der Waals surface area contributed by atoms with Gasteiger partial charge in [-0.2, -0.15) is 0 Å². The molecule has 5 heteroatoms. The first-order chi connectivity index (χ1) is 7.04. The highest BCUT2D eigenvalue weighted by Crippen LogP contribution is 2.21. The van der Waals surface area contributed by atoms with Crippen molar-refractivity contribution in [3.05, 3.63) is 28.8 Å². The summed E-state index contributed by atoms with van der Waals surface area (Å²) in [6.45, 7) is 2.12. The maximum absolute atomic E-state index is 11.6. The Bertz CT molecular complexity index is 368. The molecule has 0 saturated carbocycles. The number of hydrogen-bond donors (Lipinski definition) is 3. The molecule has 1 aromatic rings. The summed E-state index contributed by atoms with van der Waals surface area (Å²) in [5, 5.41) is 12.5. The van der Waals surface area contributed by atoms with Crippen LogP contribution in [0.5, 0.6) is 5.75 Å². The minimum atomic E-state index is -0.382. The Balaban J connectivity index is 2.86. The van der Waals surface area contributed by atoms with E-state index >= 15 is 0 Å². The van der Waals surface area contributed by atoms with Crippen molar-refractivity contribution in [2.45, 2.75) is 13.0 Å². The number of carbonyl (C=O) groups excluding carboxylic acids is 1. The number of nitrogens with two attached hydrogens (primary N) is 1. The van der Waals surface area contributed by atoms with Crippen molar-refractivity contribution < 1.29 is 9.90 Å². The molecule has 4 nitrogen and oxygen atoms in total. The van der Waals surface area contributed by atoms with E-state index in [2.05, 4.69) is 5.32 Å². The zero-order valence-corrected chi connectivity index (χ0v) is 9.08. The van der Waals surface area contributed by atoms with Gasteiger partial charge < -0.3 is 16.2 Å². The molecular formula is C10H13ClN2O2. The van der Waals surface area contributed by atoms with E-state index in [1.807, 2.05) is 0 Å². The molecule has 82 valence electrons. The Kier molecular flexibility index (Phi) is 3.94. The largest absolute Gasteiger partial charge is 0.507 e. The van der Waals surface area contributed by atoms with Crippen LogP contribution < -0.4 is 11.1 Å². The molecule has 0 bridgehead atoms. The van der Waals surface area contributed by atoms with Crippen LogP contribution in [0.15, 0.2) is 18.2 Å². The molecule has 4 N–H and O–H groups in total. The number of aromatic hydroxyl groups is 1. The van der Waals surface area contributed by atoms with Crippen LogP contribution in [0.3, 0.4) is 0 Å². The van der Waals surface area contributed by atoms with E-state index in [-0.39, 0.29) is 23.3 Å². The topological polar surface area (TPSA) is 75.3 Å². The third-order valence-electron chi connectivity index (χ3n) is 1.93. The Morgan fingerprint density at radius 2 is 2.33 bits per heavy atom. The average Bonchev–Trinajstić information content (AvgIpc) is 2.21. The highest BCUT2D eigenvalue weighted by atomic mass is 35.5. The summed E-state index contributed by atoms with van der Waals surface area (Å²) in [4.78, 5) is 11.6. The molecular weight excluding hydrogens is 216 g/mol. The number of halogens is 1. The normalized spacial score (nSPS) is 12.2. The molecule has 15 heavy (non-hydrogen) atoms. The van der Waals surface area contributed by atoms with Crippen LogP contribution in [0.1, 0.15) is 17.3 Å². The van der Waals surface area contributed by atoms with E-state index in [0.29, 0.717) is 11.6 Å². The smallest absolute Gasteiger partial charge is 0.255 e. The standard InChI is InChI=1S/C10H13ClN2O2/c1-6(5-12)13-10(15)8-4-7(11)2-3-9(8)14/h2-4,6,14H,5,12H2,1H3,(H,13,15). The second-order valence-electron chi connectivity index (χ2n) is 3.27. The van der Waals surface area contributed by atoms with Gasteiger partial charge in [-0.1, -0.05) is 11.6 Å². The molecule has 1 atom stereocenters. The van der Waals surface area contributed by atoms with Crippen LogP contribution in [-0.2, 0) is 0 Å². The van der Waals surface area contributed by atoms with E-state index in [1.54, 1.807) is 6.92 Å². The Hall–Kier alpha value is -1.26. The molecule has 0 fully saturated rings. The van der Waals surface area contributed by atoms with Crippen LogP contribution in [0.4, 0.5) is 0 Å². The van der Waals surface area contributed by atoms with Gasteiger partial charge in [-0.15, -0.1) is 0 Å². The van der Waals surface area contributed by atoms with E-state index in [1.165, 1.54) is 18.2 Å². The Morgan fingerprint density at radius 3 is 2.93 bits per heavy atom. The van der Waals surface area contributed by atoms with Crippen molar-refractivity contribution in [2.24, 2.45) is 5.73 Å². The molecule has 0 aromatic heterocycles. The van der Waals surface area contributed by atoms with Crippen LogP contribution >= 0.6 is 11.6 Å². The lowest BCUT2D eigenvalue weighted by Crippen LogP contribution is -2.37. The molecule has 0 aliphatic rings. The van der Waals surface area contributed by atoms with Gasteiger partial charge >= 0.3 is 0 Å². The second-order valence-corrected chi connectivity index (χ2v) is 3.71. The number of rotatable bonds is 3. The van der Waals surface area contributed by atoms with Crippen molar-refractivity contribution in [3.63, 3.8) is 0 Å².